The molecule has 0 heterocycles. The molecular weight excluding hydrogens is 370 g/mol. The van der Waals surface area contributed by atoms with Gasteiger partial charge in [0.2, 0.25) is 0 Å². The van der Waals surface area contributed by atoms with E-state index in [1.165, 1.54) is 11.1 Å². The van der Waals surface area contributed by atoms with Gasteiger partial charge in [0.05, 0.1) is 12.3 Å². The van der Waals surface area contributed by atoms with Gasteiger partial charge in [0.15, 0.2) is 0 Å². The summed E-state index contributed by atoms with van der Waals surface area (Å²) in [7, 11) is 1.71. The summed E-state index contributed by atoms with van der Waals surface area (Å²) in [5, 5.41) is 3.43. The van der Waals surface area contributed by atoms with Crippen LogP contribution in [-0.2, 0) is 17.9 Å². The minimum atomic E-state index is 0.645. The van der Waals surface area contributed by atoms with E-state index in [1.54, 1.807) is 7.11 Å². The van der Waals surface area contributed by atoms with Crippen molar-refractivity contribution in [2.45, 2.75) is 13.2 Å². The van der Waals surface area contributed by atoms with E-state index in [1.807, 2.05) is 18.2 Å². The van der Waals surface area contributed by atoms with Gasteiger partial charge in [0.1, 0.15) is 0 Å². The number of hydrogen-bond donors (Lipinski definition) is 1. The lowest BCUT2D eigenvalue weighted by Crippen LogP contribution is -2.01. The first-order valence-electron chi connectivity index (χ1n) is 5.95. The highest BCUT2D eigenvalue weighted by molar-refractivity contribution is 9.11. The Kier molecular flexibility index (Phi) is 5.43. The molecule has 0 fully saturated rings. The Labute approximate surface area is 130 Å². The lowest BCUT2D eigenvalue weighted by Gasteiger charge is -2.11. The predicted molar refractivity (Wildman–Crippen MR) is 86.3 cm³/mol. The molecule has 0 saturated carbocycles. The van der Waals surface area contributed by atoms with Crippen molar-refractivity contribution in [1.82, 2.24) is 0 Å². The molecule has 0 bridgehead atoms. The summed E-state index contributed by atoms with van der Waals surface area (Å²) < 4.78 is 7.25. The van der Waals surface area contributed by atoms with Gasteiger partial charge in [-0.1, -0.05) is 30.3 Å². The number of anilines is 1. The van der Waals surface area contributed by atoms with Crippen LogP contribution in [0.2, 0.25) is 0 Å². The Hall–Kier alpha value is -0.840. The van der Waals surface area contributed by atoms with Crippen molar-refractivity contribution in [3.8, 4) is 0 Å². The molecule has 0 amide bonds. The second-order valence-electron chi connectivity index (χ2n) is 4.20. The van der Waals surface area contributed by atoms with Gasteiger partial charge in [-0.25, -0.2) is 0 Å². The number of benzene rings is 2. The summed E-state index contributed by atoms with van der Waals surface area (Å²) in [5.41, 5.74) is 3.49. The Bertz CT molecular complexity index is 537. The molecule has 0 aromatic heterocycles. The van der Waals surface area contributed by atoms with E-state index >= 15 is 0 Å². The monoisotopic (exact) mass is 383 g/mol. The summed E-state index contributed by atoms with van der Waals surface area (Å²) in [6, 6.07) is 14.4. The van der Waals surface area contributed by atoms with Crippen molar-refractivity contribution in [2.24, 2.45) is 0 Å². The molecule has 0 atom stereocenters. The maximum atomic E-state index is 5.15. The Morgan fingerprint density at radius 2 is 1.63 bits per heavy atom. The van der Waals surface area contributed by atoms with Gasteiger partial charge in [-0.3, -0.25) is 0 Å². The van der Waals surface area contributed by atoms with Crippen molar-refractivity contribution in [2.75, 3.05) is 12.4 Å². The van der Waals surface area contributed by atoms with Gasteiger partial charge < -0.3 is 10.1 Å². The summed E-state index contributed by atoms with van der Waals surface area (Å²) >= 11 is 7.09. The third-order valence-corrected chi connectivity index (χ3v) is 4.06. The van der Waals surface area contributed by atoms with E-state index in [4.69, 9.17) is 4.74 Å². The smallest absolute Gasteiger partial charge is 0.0713 e. The fourth-order valence-electron chi connectivity index (χ4n) is 1.85. The predicted octanol–water partition coefficient (Wildman–Crippen LogP) is 4.97. The topological polar surface area (TPSA) is 21.3 Å². The molecule has 1 N–H and O–H groups in total. The summed E-state index contributed by atoms with van der Waals surface area (Å²) in [5.74, 6) is 0. The first kappa shape index (κ1) is 14.6. The Morgan fingerprint density at radius 3 is 2.32 bits per heavy atom. The molecule has 2 rings (SSSR count). The van der Waals surface area contributed by atoms with Crippen LogP contribution in [0.1, 0.15) is 11.1 Å². The second-order valence-corrected chi connectivity index (χ2v) is 5.91. The number of nitrogens with one attached hydrogen (secondary N) is 1. The first-order valence-corrected chi connectivity index (χ1v) is 7.54. The van der Waals surface area contributed by atoms with Crippen molar-refractivity contribution >= 4 is 37.5 Å². The molecule has 4 heteroatoms. The Morgan fingerprint density at radius 1 is 1.00 bits per heavy atom. The molecule has 2 aromatic rings. The molecule has 0 radical (unpaired) electrons. The highest BCUT2D eigenvalue weighted by Crippen LogP contribution is 2.30. The second kappa shape index (κ2) is 7.08. The van der Waals surface area contributed by atoms with Crippen molar-refractivity contribution < 1.29 is 4.74 Å². The van der Waals surface area contributed by atoms with Crippen LogP contribution in [-0.4, -0.2) is 7.11 Å². The lowest BCUT2D eigenvalue weighted by molar-refractivity contribution is 0.185. The van der Waals surface area contributed by atoms with Crippen molar-refractivity contribution in [1.29, 1.82) is 0 Å². The van der Waals surface area contributed by atoms with Gasteiger partial charge in [-0.2, -0.15) is 0 Å². The fraction of sp³-hybridized carbons (Fsp3) is 0.200. The van der Waals surface area contributed by atoms with Crippen LogP contribution >= 0.6 is 31.9 Å². The number of rotatable bonds is 5. The van der Waals surface area contributed by atoms with Crippen LogP contribution < -0.4 is 5.32 Å². The maximum absolute atomic E-state index is 5.15. The highest BCUT2D eigenvalue weighted by atomic mass is 79.9. The number of halogens is 2. The van der Waals surface area contributed by atoms with Crippen LogP contribution in [0.3, 0.4) is 0 Å². The molecule has 0 aliphatic carbocycles. The van der Waals surface area contributed by atoms with Crippen LogP contribution in [0, 0.1) is 0 Å². The zero-order chi connectivity index (χ0) is 13.7. The van der Waals surface area contributed by atoms with Gasteiger partial charge in [-0.05, 0) is 55.1 Å². The molecule has 100 valence electrons. The van der Waals surface area contributed by atoms with Crippen molar-refractivity contribution in [3.05, 3.63) is 62.5 Å². The molecule has 2 nitrogen and oxygen atoms in total. The summed E-state index contributed by atoms with van der Waals surface area (Å²) in [4.78, 5) is 0. The fourth-order valence-corrected chi connectivity index (χ4v) is 3.13. The van der Waals surface area contributed by atoms with Gasteiger partial charge in [0, 0.05) is 22.6 Å². The molecule has 0 unspecified atom stereocenters. The minimum Gasteiger partial charge on any atom is -0.380 e. The molecule has 19 heavy (non-hydrogen) atoms. The minimum absolute atomic E-state index is 0.645. The molecule has 0 saturated heterocycles. The van der Waals surface area contributed by atoms with Gasteiger partial charge >= 0.3 is 0 Å². The Balaban J connectivity index is 2.08. The molecule has 0 aliphatic heterocycles. The van der Waals surface area contributed by atoms with E-state index < -0.39 is 0 Å². The van der Waals surface area contributed by atoms with E-state index in [2.05, 4.69) is 61.4 Å². The zero-order valence-corrected chi connectivity index (χ0v) is 13.8. The summed E-state index contributed by atoms with van der Waals surface area (Å²) in [6.07, 6.45) is 0. The SMILES string of the molecule is COCc1cccc(CNc2c(Br)cccc2Br)c1. The maximum Gasteiger partial charge on any atom is 0.0713 e. The highest BCUT2D eigenvalue weighted by Gasteiger charge is 2.04. The number of ether oxygens (including phenoxy) is 1. The molecule has 0 spiro atoms. The largest absolute Gasteiger partial charge is 0.380 e. The van der Waals surface area contributed by atoms with Gasteiger partial charge in [-0.15, -0.1) is 0 Å². The molecule has 0 aliphatic rings. The number of para-hydroxylation sites is 1. The number of hydrogen-bond acceptors (Lipinski definition) is 2. The van der Waals surface area contributed by atoms with Crippen LogP contribution in [0.5, 0.6) is 0 Å². The van der Waals surface area contributed by atoms with Gasteiger partial charge in [0.25, 0.3) is 0 Å². The van der Waals surface area contributed by atoms with E-state index in [0.29, 0.717) is 6.61 Å². The number of methoxy groups -OCH3 is 1. The standard InChI is InChI=1S/C15H15Br2NO/c1-19-10-12-5-2-4-11(8-12)9-18-15-13(16)6-3-7-14(15)17/h2-8,18H,9-10H2,1H3. The lowest BCUT2D eigenvalue weighted by atomic mass is 10.1. The van der Waals surface area contributed by atoms with E-state index in [-0.39, 0.29) is 0 Å². The van der Waals surface area contributed by atoms with Crippen LogP contribution in [0.4, 0.5) is 5.69 Å². The van der Waals surface area contributed by atoms with Crippen molar-refractivity contribution in [3.63, 3.8) is 0 Å². The van der Waals surface area contributed by atoms with Crippen LogP contribution in [0.25, 0.3) is 0 Å². The average molecular weight is 385 g/mol. The summed E-state index contributed by atoms with van der Waals surface area (Å²) in [6.45, 7) is 1.42. The normalized spacial score (nSPS) is 10.5. The van der Waals surface area contributed by atoms with E-state index in [0.717, 1.165) is 21.2 Å². The third kappa shape index (κ3) is 4.06. The zero-order valence-electron chi connectivity index (χ0n) is 10.6. The molecular formula is C15H15Br2NO. The first-order chi connectivity index (χ1) is 9.20. The third-order valence-electron chi connectivity index (χ3n) is 2.73. The molecule has 2 aromatic carbocycles. The van der Waals surface area contributed by atoms with Crippen LogP contribution in [0.15, 0.2) is 51.4 Å². The quantitative estimate of drug-likeness (QED) is 0.785. The van der Waals surface area contributed by atoms with E-state index in [9.17, 15) is 0 Å². The average Bonchev–Trinajstić information content (AvgIpc) is 2.39.